The van der Waals surface area contributed by atoms with Gasteiger partial charge in [-0.3, -0.25) is 14.9 Å². The summed E-state index contributed by atoms with van der Waals surface area (Å²) in [5.41, 5.74) is -0.117. The van der Waals surface area contributed by atoms with Crippen molar-refractivity contribution in [3.05, 3.63) is 45.5 Å². The first-order valence-electron chi connectivity index (χ1n) is 9.40. The van der Waals surface area contributed by atoms with Gasteiger partial charge in [-0.15, -0.1) is 11.3 Å². The monoisotopic (exact) mass is 468 g/mol. The predicted octanol–water partition coefficient (Wildman–Crippen LogP) is 2.27. The van der Waals surface area contributed by atoms with Crippen LogP contribution in [0.25, 0.3) is 0 Å². The van der Waals surface area contributed by atoms with Gasteiger partial charge in [-0.05, 0) is 31.9 Å². The van der Waals surface area contributed by atoms with Crippen molar-refractivity contribution >= 4 is 44.1 Å². The Morgan fingerprint density at radius 2 is 2.06 bits per heavy atom. The number of non-ortho nitro benzene ring substituents is 1. The van der Waals surface area contributed by atoms with Crippen LogP contribution in [0.3, 0.4) is 0 Å². The molecule has 13 heteroatoms. The summed E-state index contributed by atoms with van der Waals surface area (Å²) in [6.45, 7) is 2.10. The van der Waals surface area contributed by atoms with Crippen molar-refractivity contribution in [2.45, 2.75) is 24.7 Å². The van der Waals surface area contributed by atoms with E-state index in [0.717, 1.165) is 23.5 Å². The lowest BCUT2D eigenvalue weighted by molar-refractivity contribution is -0.384. The second kappa shape index (κ2) is 9.49. The summed E-state index contributed by atoms with van der Waals surface area (Å²) in [7, 11) is -3.90. The van der Waals surface area contributed by atoms with E-state index in [1.54, 1.807) is 6.92 Å². The smallest absolute Gasteiger partial charge is 0.357 e. The summed E-state index contributed by atoms with van der Waals surface area (Å²) in [6, 6.07) is 4.63. The predicted molar refractivity (Wildman–Crippen MR) is 111 cm³/mol. The number of thiazole rings is 1. The maximum Gasteiger partial charge on any atom is 0.357 e. The van der Waals surface area contributed by atoms with E-state index >= 15 is 0 Å². The number of hydrogen-bond donors (Lipinski definition) is 1. The number of hydrogen-bond acceptors (Lipinski definition) is 9. The number of esters is 1. The number of amides is 1. The molecule has 1 aliphatic heterocycles. The van der Waals surface area contributed by atoms with Gasteiger partial charge in [0.1, 0.15) is 0 Å². The fourth-order valence-electron chi connectivity index (χ4n) is 3.10. The molecule has 1 aromatic carbocycles. The van der Waals surface area contributed by atoms with E-state index in [1.807, 2.05) is 0 Å². The molecule has 1 saturated heterocycles. The molecule has 1 atom stereocenters. The van der Waals surface area contributed by atoms with Gasteiger partial charge in [-0.25, -0.2) is 18.2 Å². The first-order valence-corrected chi connectivity index (χ1v) is 11.7. The standard InChI is InChI=1S/C18H20N4O7S2/c1-2-29-17(24)15-11-30-18(19-15)20-16(23)12-4-3-9-21(10-12)31(27,28)14-7-5-13(6-8-14)22(25)26/h5-8,11-12H,2-4,9-10H2,1H3,(H,19,20,23). The zero-order valence-electron chi connectivity index (χ0n) is 16.5. The second-order valence-electron chi connectivity index (χ2n) is 6.70. The fourth-order valence-corrected chi connectivity index (χ4v) is 5.31. The number of carbonyl (C=O) groups excluding carboxylic acids is 2. The largest absolute Gasteiger partial charge is 0.461 e. The molecule has 3 rings (SSSR count). The Bertz CT molecular complexity index is 1080. The van der Waals surface area contributed by atoms with Gasteiger partial charge in [0.2, 0.25) is 15.9 Å². The van der Waals surface area contributed by atoms with Crippen molar-refractivity contribution in [3.63, 3.8) is 0 Å². The Morgan fingerprint density at radius 1 is 1.35 bits per heavy atom. The lowest BCUT2D eigenvalue weighted by atomic mass is 9.99. The fraction of sp³-hybridized carbons (Fsp3) is 0.389. The molecule has 166 valence electrons. The number of nitrogens with one attached hydrogen (secondary N) is 1. The molecule has 1 N–H and O–H groups in total. The third-order valence-electron chi connectivity index (χ3n) is 4.66. The molecule has 11 nitrogen and oxygen atoms in total. The molecule has 1 aliphatic rings. The van der Waals surface area contributed by atoms with Crippen LogP contribution in [0.4, 0.5) is 10.8 Å². The highest BCUT2D eigenvalue weighted by atomic mass is 32.2. The highest BCUT2D eigenvalue weighted by molar-refractivity contribution is 7.89. The van der Waals surface area contributed by atoms with Crippen LogP contribution in [0.2, 0.25) is 0 Å². The molecule has 2 aromatic rings. The summed E-state index contributed by atoms with van der Waals surface area (Å²) >= 11 is 1.07. The number of anilines is 1. The average molecular weight is 469 g/mol. The van der Waals surface area contributed by atoms with Gasteiger partial charge in [0.25, 0.3) is 5.69 Å². The second-order valence-corrected chi connectivity index (χ2v) is 9.50. The SMILES string of the molecule is CCOC(=O)c1csc(NC(=O)C2CCCN(S(=O)(=O)c3ccc([N+](=O)[O-])cc3)C2)n1. The van der Waals surface area contributed by atoms with Crippen molar-refractivity contribution in [2.75, 3.05) is 25.0 Å². The molecule has 0 radical (unpaired) electrons. The Morgan fingerprint density at radius 3 is 2.71 bits per heavy atom. The molecule has 1 aromatic heterocycles. The van der Waals surface area contributed by atoms with Gasteiger partial charge in [-0.1, -0.05) is 0 Å². The number of aromatic nitrogens is 1. The molecule has 0 aliphatic carbocycles. The van der Waals surface area contributed by atoms with Crippen molar-refractivity contribution in [1.82, 2.24) is 9.29 Å². The number of piperidine rings is 1. The maximum absolute atomic E-state index is 12.9. The number of benzene rings is 1. The van der Waals surface area contributed by atoms with Gasteiger partial charge in [-0.2, -0.15) is 4.31 Å². The molecular weight excluding hydrogens is 448 g/mol. The summed E-state index contributed by atoms with van der Waals surface area (Å²) in [5.74, 6) is -1.58. The van der Waals surface area contributed by atoms with Gasteiger partial charge in [0.15, 0.2) is 10.8 Å². The van der Waals surface area contributed by atoms with Crippen molar-refractivity contribution < 1.29 is 27.7 Å². The lowest BCUT2D eigenvalue weighted by Crippen LogP contribution is -2.43. The van der Waals surface area contributed by atoms with Crippen LogP contribution in [0.15, 0.2) is 34.5 Å². The number of sulfonamides is 1. The topological polar surface area (TPSA) is 149 Å². The zero-order valence-corrected chi connectivity index (χ0v) is 18.1. The number of carbonyl (C=O) groups is 2. The van der Waals surface area contributed by atoms with E-state index in [9.17, 15) is 28.1 Å². The first-order chi connectivity index (χ1) is 14.7. The number of nitrogens with zero attached hydrogens (tertiary/aromatic N) is 3. The van der Waals surface area contributed by atoms with E-state index in [0.29, 0.717) is 12.8 Å². The molecule has 1 unspecified atom stereocenters. The van der Waals surface area contributed by atoms with Crippen LogP contribution in [0, 0.1) is 16.0 Å². The van der Waals surface area contributed by atoms with E-state index in [-0.39, 0.29) is 41.1 Å². The van der Waals surface area contributed by atoms with Crippen LogP contribution in [0.1, 0.15) is 30.3 Å². The third-order valence-corrected chi connectivity index (χ3v) is 7.30. The van der Waals surface area contributed by atoms with Crippen molar-refractivity contribution in [1.29, 1.82) is 0 Å². The number of rotatable bonds is 7. The first kappa shape index (κ1) is 22.8. The third kappa shape index (κ3) is 5.24. The van der Waals surface area contributed by atoms with Crippen LogP contribution >= 0.6 is 11.3 Å². The summed E-state index contributed by atoms with van der Waals surface area (Å²) in [4.78, 5) is 38.5. The van der Waals surface area contributed by atoms with Gasteiger partial charge in [0, 0.05) is 30.6 Å². The maximum atomic E-state index is 12.9. The molecule has 2 heterocycles. The minimum Gasteiger partial charge on any atom is -0.461 e. The quantitative estimate of drug-likeness (QED) is 0.369. The number of ether oxygens (including phenoxy) is 1. The normalized spacial score (nSPS) is 17.1. The number of nitro groups is 1. The molecule has 1 fully saturated rings. The van der Waals surface area contributed by atoms with Crippen LogP contribution in [-0.2, 0) is 19.6 Å². The van der Waals surface area contributed by atoms with E-state index in [2.05, 4.69) is 10.3 Å². The number of nitro benzene ring substituents is 1. The Balaban J connectivity index is 1.67. The van der Waals surface area contributed by atoms with E-state index < -0.39 is 32.7 Å². The summed E-state index contributed by atoms with van der Waals surface area (Å²) in [6.07, 6.45) is 0.977. The molecule has 0 spiro atoms. The molecule has 0 saturated carbocycles. The zero-order chi connectivity index (χ0) is 22.6. The summed E-state index contributed by atoms with van der Waals surface area (Å²) < 4.78 is 31.9. The Labute approximate surface area is 182 Å². The van der Waals surface area contributed by atoms with Crippen LogP contribution in [-0.4, -0.2) is 54.2 Å². The highest BCUT2D eigenvalue weighted by Crippen LogP contribution is 2.26. The average Bonchev–Trinajstić information content (AvgIpc) is 3.22. The van der Waals surface area contributed by atoms with E-state index in [1.165, 1.54) is 21.8 Å². The van der Waals surface area contributed by atoms with Gasteiger partial charge >= 0.3 is 5.97 Å². The van der Waals surface area contributed by atoms with Gasteiger partial charge in [0.05, 0.1) is 22.3 Å². The lowest BCUT2D eigenvalue weighted by Gasteiger charge is -2.31. The highest BCUT2D eigenvalue weighted by Gasteiger charge is 2.34. The molecule has 31 heavy (non-hydrogen) atoms. The molecule has 0 bridgehead atoms. The van der Waals surface area contributed by atoms with Gasteiger partial charge < -0.3 is 10.1 Å². The van der Waals surface area contributed by atoms with E-state index in [4.69, 9.17) is 4.74 Å². The Hall–Kier alpha value is -2.90. The molecule has 1 amide bonds. The van der Waals surface area contributed by atoms with Crippen molar-refractivity contribution in [2.24, 2.45) is 5.92 Å². The molecular formula is C18H20N4O7S2. The Kier molecular flexibility index (Phi) is 6.97. The summed E-state index contributed by atoms with van der Waals surface area (Å²) in [5, 5.41) is 15.1. The van der Waals surface area contributed by atoms with Crippen LogP contribution < -0.4 is 5.32 Å². The van der Waals surface area contributed by atoms with Crippen molar-refractivity contribution in [3.8, 4) is 0 Å². The minimum absolute atomic E-state index is 0.0265. The minimum atomic E-state index is -3.90. The van der Waals surface area contributed by atoms with Crippen LogP contribution in [0.5, 0.6) is 0 Å².